The Morgan fingerprint density at radius 3 is 2.32 bits per heavy atom. The van der Waals surface area contributed by atoms with E-state index in [4.69, 9.17) is 0 Å². The third-order valence-corrected chi connectivity index (χ3v) is 8.45. The van der Waals surface area contributed by atoms with Crippen LogP contribution >= 0.6 is 24.2 Å². The number of halogens is 1. The molecule has 1 amide bonds. The van der Waals surface area contributed by atoms with Crippen LogP contribution in [0.5, 0.6) is 0 Å². The minimum absolute atomic E-state index is 0. The van der Waals surface area contributed by atoms with Crippen LogP contribution in [0, 0.1) is 0 Å². The van der Waals surface area contributed by atoms with Gasteiger partial charge >= 0.3 is 0 Å². The van der Waals surface area contributed by atoms with Crippen molar-refractivity contribution in [1.29, 1.82) is 0 Å². The zero-order chi connectivity index (χ0) is 26.3. The maximum Gasteiger partial charge on any atom is 0.265 e. The van der Waals surface area contributed by atoms with Crippen molar-refractivity contribution in [3.05, 3.63) is 89.5 Å². The molecule has 0 bridgehead atoms. The Bertz CT molecular complexity index is 1300. The van der Waals surface area contributed by atoms with E-state index >= 15 is 0 Å². The van der Waals surface area contributed by atoms with E-state index < -0.39 is 22.0 Å². The van der Waals surface area contributed by atoms with E-state index in [2.05, 4.69) is 34.3 Å². The number of aliphatic hydroxyl groups excluding tert-OH is 1. The van der Waals surface area contributed by atoms with Gasteiger partial charge in [-0.15, -0.1) is 24.2 Å². The smallest absolute Gasteiger partial charge is 0.265 e. The third kappa shape index (κ3) is 8.85. The van der Waals surface area contributed by atoms with Gasteiger partial charge < -0.3 is 10.4 Å². The van der Waals surface area contributed by atoms with Crippen molar-refractivity contribution in [2.45, 2.75) is 48.4 Å². The molecule has 1 atom stereocenters. The molecule has 9 heteroatoms. The maximum atomic E-state index is 12.7. The fourth-order valence-electron chi connectivity index (χ4n) is 4.52. The topological polar surface area (TPSA) is 95.5 Å². The van der Waals surface area contributed by atoms with Crippen LogP contribution in [0.3, 0.4) is 0 Å². The highest BCUT2D eigenvalue weighted by Gasteiger charge is 2.22. The van der Waals surface area contributed by atoms with E-state index in [0.717, 1.165) is 53.6 Å². The molecule has 0 unspecified atom stereocenters. The number of rotatable bonds is 11. The van der Waals surface area contributed by atoms with Crippen molar-refractivity contribution in [3.8, 4) is 11.1 Å². The van der Waals surface area contributed by atoms with Crippen LogP contribution in [0.25, 0.3) is 11.1 Å². The molecular weight excluding hydrogens is 540 g/mol. The lowest BCUT2D eigenvalue weighted by molar-refractivity contribution is 0.0979. The molecule has 0 radical (unpaired) electrons. The first-order valence-electron chi connectivity index (χ1n) is 12.6. The lowest BCUT2D eigenvalue weighted by atomic mass is 10.0. The zero-order valence-electron chi connectivity index (χ0n) is 21.4. The number of thioether (sulfide) groups is 1. The van der Waals surface area contributed by atoms with Gasteiger partial charge in [-0.25, -0.2) is 13.1 Å². The van der Waals surface area contributed by atoms with E-state index in [1.54, 1.807) is 17.8 Å². The number of aliphatic hydroxyl groups is 1. The second-order valence-electron chi connectivity index (χ2n) is 9.52. The predicted octanol–water partition coefficient (Wildman–Crippen LogP) is 5.37. The molecule has 3 aromatic rings. The second-order valence-corrected chi connectivity index (χ2v) is 12.6. The van der Waals surface area contributed by atoms with Gasteiger partial charge in [-0.1, -0.05) is 73.5 Å². The Kier molecular flexibility index (Phi) is 11.2. The quantitative estimate of drug-likeness (QED) is 0.267. The van der Waals surface area contributed by atoms with E-state index in [9.17, 15) is 18.3 Å². The molecule has 1 aliphatic rings. The number of sulfonamides is 1. The van der Waals surface area contributed by atoms with Crippen LogP contribution in [0.4, 0.5) is 0 Å². The summed E-state index contributed by atoms with van der Waals surface area (Å²) in [4.78, 5) is 13.5. The molecule has 0 heterocycles. The molecule has 1 fully saturated rings. The molecule has 0 spiro atoms. The molecular formula is C29H35ClN2O4S2. The molecule has 204 valence electrons. The highest BCUT2D eigenvalue weighted by Crippen LogP contribution is 2.38. The van der Waals surface area contributed by atoms with Gasteiger partial charge in [0.15, 0.2) is 0 Å². The Morgan fingerprint density at radius 2 is 1.66 bits per heavy atom. The number of carbonyl (C=O) groups excluding carboxylic acids is 1. The highest BCUT2D eigenvalue weighted by molar-refractivity contribution is 8.00. The molecule has 1 aliphatic carbocycles. The van der Waals surface area contributed by atoms with Crippen LogP contribution in [0.15, 0.2) is 77.7 Å². The molecule has 4 rings (SSSR count). The monoisotopic (exact) mass is 574 g/mol. The van der Waals surface area contributed by atoms with Crippen molar-refractivity contribution in [2.24, 2.45) is 0 Å². The Labute approximate surface area is 236 Å². The molecule has 0 aromatic heterocycles. The standard InChI is InChI=1S/C29H34N2O4S2.ClH/c1-37(34,35)31-29(33)26-16-15-24(19-28(26)36-25-9-5-6-10-25)22-13-11-21(12-14-22)17-18-30-20-27(32)23-7-3-2-4-8-23;/h2-4,7-8,11-16,19,25,27,30,32H,5-6,9-10,17-18,20H2,1H3,(H,31,33);1H/t27-;/m1./s1. The van der Waals surface area contributed by atoms with E-state index in [-0.39, 0.29) is 12.4 Å². The summed E-state index contributed by atoms with van der Waals surface area (Å²) in [5, 5.41) is 14.0. The molecule has 0 aliphatic heterocycles. The molecule has 1 saturated carbocycles. The van der Waals surface area contributed by atoms with Crippen LogP contribution in [-0.2, 0) is 16.4 Å². The first-order chi connectivity index (χ1) is 17.8. The number of hydrogen-bond donors (Lipinski definition) is 3. The summed E-state index contributed by atoms with van der Waals surface area (Å²) in [5.41, 5.74) is 4.53. The average molecular weight is 575 g/mol. The highest BCUT2D eigenvalue weighted by atomic mass is 35.5. The Balaban J connectivity index is 0.00000400. The Hall–Kier alpha value is -2.36. The number of benzene rings is 3. The zero-order valence-corrected chi connectivity index (χ0v) is 23.9. The largest absolute Gasteiger partial charge is 0.387 e. The van der Waals surface area contributed by atoms with Crippen LogP contribution < -0.4 is 10.0 Å². The number of hydrogen-bond acceptors (Lipinski definition) is 6. The van der Waals surface area contributed by atoms with Crippen molar-refractivity contribution in [1.82, 2.24) is 10.0 Å². The summed E-state index contributed by atoms with van der Waals surface area (Å²) in [7, 11) is -3.64. The van der Waals surface area contributed by atoms with Crippen molar-refractivity contribution in [2.75, 3.05) is 19.3 Å². The maximum absolute atomic E-state index is 12.7. The van der Waals surface area contributed by atoms with Crippen molar-refractivity contribution in [3.63, 3.8) is 0 Å². The van der Waals surface area contributed by atoms with Gasteiger partial charge in [0, 0.05) is 16.7 Å². The second kappa shape index (κ2) is 14.1. The normalized spacial score (nSPS) is 14.6. The lowest BCUT2D eigenvalue weighted by Crippen LogP contribution is -2.29. The SMILES string of the molecule is CS(=O)(=O)NC(=O)c1ccc(-c2ccc(CCNC[C@@H](O)c3ccccc3)cc2)cc1SC1CCCC1.Cl. The summed E-state index contributed by atoms with van der Waals surface area (Å²) in [6, 6.07) is 23.6. The number of nitrogens with one attached hydrogen (secondary N) is 2. The minimum atomic E-state index is -3.64. The fourth-order valence-corrected chi connectivity index (χ4v) is 6.38. The molecule has 0 saturated heterocycles. The van der Waals surface area contributed by atoms with Crippen LogP contribution in [0.2, 0.25) is 0 Å². The van der Waals surface area contributed by atoms with Gasteiger partial charge in [0.1, 0.15) is 0 Å². The lowest BCUT2D eigenvalue weighted by Gasteiger charge is -2.15. The molecule has 38 heavy (non-hydrogen) atoms. The minimum Gasteiger partial charge on any atom is -0.387 e. The molecule has 3 N–H and O–H groups in total. The van der Waals surface area contributed by atoms with Gasteiger partial charge in [-0.05, 0) is 60.2 Å². The van der Waals surface area contributed by atoms with Gasteiger partial charge in [0.2, 0.25) is 10.0 Å². The van der Waals surface area contributed by atoms with Crippen molar-refractivity contribution < 1.29 is 18.3 Å². The summed E-state index contributed by atoms with van der Waals surface area (Å²) < 4.78 is 25.4. The fraction of sp³-hybridized carbons (Fsp3) is 0.345. The summed E-state index contributed by atoms with van der Waals surface area (Å²) >= 11 is 1.67. The number of carbonyl (C=O) groups is 1. The molecule has 3 aromatic carbocycles. The van der Waals surface area contributed by atoms with Crippen molar-refractivity contribution >= 4 is 40.1 Å². The van der Waals surface area contributed by atoms with E-state index in [1.165, 1.54) is 18.4 Å². The summed E-state index contributed by atoms with van der Waals surface area (Å²) in [5.74, 6) is -0.588. The predicted molar refractivity (Wildman–Crippen MR) is 158 cm³/mol. The summed E-state index contributed by atoms with van der Waals surface area (Å²) in [6.45, 7) is 1.26. The van der Waals surface area contributed by atoms with Gasteiger partial charge in [0.25, 0.3) is 5.91 Å². The van der Waals surface area contributed by atoms with Gasteiger partial charge in [-0.2, -0.15) is 0 Å². The first-order valence-corrected chi connectivity index (χ1v) is 15.4. The van der Waals surface area contributed by atoms with E-state index in [0.29, 0.717) is 17.4 Å². The first kappa shape index (κ1) is 30.2. The van der Waals surface area contributed by atoms with Crippen LogP contribution in [0.1, 0.15) is 53.3 Å². The average Bonchev–Trinajstić information content (AvgIpc) is 3.39. The van der Waals surface area contributed by atoms with E-state index in [1.807, 2.05) is 42.5 Å². The Morgan fingerprint density at radius 1 is 1.00 bits per heavy atom. The number of amides is 1. The summed E-state index contributed by atoms with van der Waals surface area (Å²) in [6.07, 6.45) is 5.89. The van der Waals surface area contributed by atoms with Gasteiger partial charge in [0.05, 0.1) is 17.9 Å². The van der Waals surface area contributed by atoms with Gasteiger partial charge in [-0.3, -0.25) is 4.79 Å². The third-order valence-electron chi connectivity index (χ3n) is 6.50. The van der Waals surface area contributed by atoms with Crippen LogP contribution in [-0.4, -0.2) is 44.0 Å². The molecule has 6 nitrogen and oxygen atoms in total.